The molecule has 3 heterocycles. The van der Waals surface area contributed by atoms with Crippen LogP contribution in [0.2, 0.25) is 0 Å². The quantitative estimate of drug-likeness (QED) is 0.337. The van der Waals surface area contributed by atoms with Gasteiger partial charge in [-0.25, -0.2) is 0 Å². The van der Waals surface area contributed by atoms with Crippen LogP contribution in [0.5, 0.6) is 0 Å². The molecule has 35 heavy (non-hydrogen) atoms. The average Bonchev–Trinajstić information content (AvgIpc) is 3.17. The Morgan fingerprint density at radius 3 is 2.49 bits per heavy atom. The van der Waals surface area contributed by atoms with Crippen molar-refractivity contribution in [2.24, 2.45) is 0 Å². The van der Waals surface area contributed by atoms with E-state index in [0.717, 1.165) is 24.0 Å². The number of para-hydroxylation sites is 1. The molecule has 1 atom stereocenters. The van der Waals surface area contributed by atoms with Gasteiger partial charge >= 0.3 is 0 Å². The molecule has 4 aromatic rings. The van der Waals surface area contributed by atoms with Crippen LogP contribution in [-0.4, -0.2) is 63.0 Å². The molecule has 1 N–H and O–H groups in total. The SMILES string of the molecule is N#Cc1cc2c(c3ccccc3n2CC(O)CN2CCOCC2)n(-c2ccc([N+](=O)[O-])cc2)c1=O. The lowest BCUT2D eigenvalue weighted by atomic mass is 10.2. The molecule has 0 spiro atoms. The monoisotopic (exact) mass is 473 g/mol. The summed E-state index contributed by atoms with van der Waals surface area (Å²) in [5, 5.41) is 32.5. The van der Waals surface area contributed by atoms with E-state index in [4.69, 9.17) is 4.74 Å². The van der Waals surface area contributed by atoms with Gasteiger partial charge in [-0.05, 0) is 24.3 Å². The Labute approximate surface area is 199 Å². The second-order valence-corrected chi connectivity index (χ2v) is 8.51. The van der Waals surface area contributed by atoms with E-state index in [0.29, 0.717) is 36.5 Å². The van der Waals surface area contributed by atoms with Crippen LogP contribution >= 0.6 is 0 Å². The Bertz CT molecular complexity index is 1510. The van der Waals surface area contributed by atoms with Gasteiger partial charge in [0.1, 0.15) is 11.6 Å². The van der Waals surface area contributed by atoms with Crippen LogP contribution in [0.15, 0.2) is 59.4 Å². The van der Waals surface area contributed by atoms with Crippen molar-refractivity contribution in [3.63, 3.8) is 0 Å². The highest BCUT2D eigenvalue weighted by atomic mass is 16.6. The van der Waals surface area contributed by atoms with E-state index in [2.05, 4.69) is 4.90 Å². The van der Waals surface area contributed by atoms with Crippen LogP contribution < -0.4 is 5.56 Å². The van der Waals surface area contributed by atoms with Crippen LogP contribution in [0.1, 0.15) is 5.56 Å². The molecule has 10 nitrogen and oxygen atoms in total. The zero-order valence-corrected chi connectivity index (χ0v) is 18.8. The topological polar surface area (TPSA) is 127 Å². The third-order valence-corrected chi connectivity index (χ3v) is 6.33. The molecule has 0 amide bonds. The van der Waals surface area contributed by atoms with E-state index < -0.39 is 16.6 Å². The number of hydrogen-bond acceptors (Lipinski definition) is 7. The normalized spacial score (nSPS) is 15.3. The van der Waals surface area contributed by atoms with Crippen molar-refractivity contribution in [3.05, 3.63) is 80.6 Å². The molecule has 10 heteroatoms. The lowest BCUT2D eigenvalue weighted by Gasteiger charge is -2.28. The van der Waals surface area contributed by atoms with Gasteiger partial charge in [0.15, 0.2) is 0 Å². The predicted molar refractivity (Wildman–Crippen MR) is 130 cm³/mol. The fourth-order valence-electron chi connectivity index (χ4n) is 4.70. The average molecular weight is 473 g/mol. The van der Waals surface area contributed by atoms with Crippen molar-refractivity contribution >= 4 is 27.6 Å². The molecule has 5 rings (SSSR count). The lowest BCUT2D eigenvalue weighted by molar-refractivity contribution is -0.384. The maximum atomic E-state index is 13.3. The summed E-state index contributed by atoms with van der Waals surface area (Å²) in [4.78, 5) is 26.1. The fourth-order valence-corrected chi connectivity index (χ4v) is 4.70. The lowest BCUT2D eigenvalue weighted by Crippen LogP contribution is -2.42. The maximum absolute atomic E-state index is 13.3. The van der Waals surface area contributed by atoms with Gasteiger partial charge in [0.2, 0.25) is 0 Å². The van der Waals surface area contributed by atoms with Gasteiger partial charge in [0, 0.05) is 42.8 Å². The minimum atomic E-state index is -0.683. The van der Waals surface area contributed by atoms with Gasteiger partial charge in [-0.15, -0.1) is 0 Å². The number of non-ortho nitro benzene ring substituents is 1. The molecular weight excluding hydrogens is 450 g/mol. The summed E-state index contributed by atoms with van der Waals surface area (Å²) >= 11 is 0. The molecule has 2 aromatic heterocycles. The molecule has 1 aliphatic rings. The van der Waals surface area contributed by atoms with Crippen LogP contribution in [-0.2, 0) is 11.3 Å². The molecule has 1 unspecified atom stereocenters. The Morgan fingerprint density at radius 2 is 1.80 bits per heavy atom. The van der Waals surface area contributed by atoms with Gasteiger partial charge in [0.25, 0.3) is 11.2 Å². The minimum absolute atomic E-state index is 0.0532. The van der Waals surface area contributed by atoms with E-state index in [9.17, 15) is 25.3 Å². The zero-order valence-electron chi connectivity index (χ0n) is 18.8. The van der Waals surface area contributed by atoms with Gasteiger partial charge < -0.3 is 14.4 Å². The summed E-state index contributed by atoms with van der Waals surface area (Å²) in [6, 6.07) is 16.7. The number of benzene rings is 2. The third kappa shape index (κ3) is 4.17. The molecule has 0 saturated carbocycles. The molecular formula is C25H23N5O5. The minimum Gasteiger partial charge on any atom is -0.390 e. The summed E-state index contributed by atoms with van der Waals surface area (Å²) in [5.74, 6) is 0. The molecule has 1 saturated heterocycles. The van der Waals surface area contributed by atoms with Crippen molar-refractivity contribution in [1.82, 2.24) is 14.0 Å². The first-order valence-corrected chi connectivity index (χ1v) is 11.3. The van der Waals surface area contributed by atoms with E-state index in [-0.39, 0.29) is 17.8 Å². The predicted octanol–water partition coefficient (Wildman–Crippen LogP) is 2.42. The largest absolute Gasteiger partial charge is 0.390 e. The van der Waals surface area contributed by atoms with Crippen LogP contribution in [0.3, 0.4) is 0 Å². The number of pyridine rings is 1. The number of β-amino-alcohol motifs (C(OH)–C–C–N with tert-alkyl or cyclic N) is 1. The number of morpholine rings is 1. The summed E-state index contributed by atoms with van der Waals surface area (Å²) in [6.07, 6.45) is -0.683. The van der Waals surface area contributed by atoms with Crippen molar-refractivity contribution in [1.29, 1.82) is 5.26 Å². The number of hydrogen-bond donors (Lipinski definition) is 1. The Hall–Kier alpha value is -4.04. The Kier molecular flexibility index (Phi) is 6.05. The number of fused-ring (bicyclic) bond motifs is 3. The highest BCUT2D eigenvalue weighted by Crippen LogP contribution is 2.31. The molecule has 0 radical (unpaired) electrons. The first-order chi connectivity index (χ1) is 17.0. The van der Waals surface area contributed by atoms with Gasteiger partial charge in [-0.2, -0.15) is 5.26 Å². The van der Waals surface area contributed by atoms with Crippen molar-refractivity contribution in [2.75, 3.05) is 32.8 Å². The molecule has 0 bridgehead atoms. The van der Waals surface area contributed by atoms with Gasteiger partial charge in [-0.1, -0.05) is 18.2 Å². The van der Waals surface area contributed by atoms with Gasteiger partial charge in [-0.3, -0.25) is 24.4 Å². The first kappa shape index (κ1) is 22.7. The standard InChI is InChI=1S/C25H23N5O5/c26-14-17-13-23-24(29(25(17)32)18-5-7-19(8-6-18)30(33)34)21-3-1-2-4-22(21)28(23)16-20(31)15-27-9-11-35-12-10-27/h1-8,13,20,31H,9-12,15-16H2. The van der Waals surface area contributed by atoms with E-state index in [1.807, 2.05) is 34.9 Å². The smallest absolute Gasteiger partial charge is 0.273 e. The molecule has 178 valence electrons. The number of aliphatic hydroxyl groups excluding tert-OH is 1. The number of nitro groups is 1. The van der Waals surface area contributed by atoms with Crippen LogP contribution in [0.25, 0.3) is 27.6 Å². The number of rotatable bonds is 6. The highest BCUT2D eigenvalue weighted by Gasteiger charge is 2.22. The van der Waals surface area contributed by atoms with E-state index in [1.54, 1.807) is 6.07 Å². The number of ether oxygens (including phenoxy) is 1. The van der Waals surface area contributed by atoms with Crippen molar-refractivity contribution in [3.8, 4) is 11.8 Å². The van der Waals surface area contributed by atoms with Crippen LogP contribution in [0, 0.1) is 21.4 Å². The van der Waals surface area contributed by atoms with Crippen LogP contribution in [0.4, 0.5) is 5.69 Å². The number of aliphatic hydroxyl groups is 1. The van der Waals surface area contributed by atoms with Crippen molar-refractivity contribution in [2.45, 2.75) is 12.6 Å². The maximum Gasteiger partial charge on any atom is 0.273 e. The zero-order chi connectivity index (χ0) is 24.5. The number of aromatic nitrogens is 2. The molecule has 2 aromatic carbocycles. The number of nitriles is 1. The fraction of sp³-hybridized carbons (Fsp3) is 0.280. The number of nitro benzene ring substituents is 1. The third-order valence-electron chi connectivity index (χ3n) is 6.33. The second kappa shape index (κ2) is 9.31. The summed E-state index contributed by atoms with van der Waals surface area (Å²) in [6.45, 7) is 3.52. The molecule has 1 fully saturated rings. The highest BCUT2D eigenvalue weighted by molar-refractivity contribution is 6.07. The Morgan fingerprint density at radius 1 is 1.09 bits per heavy atom. The van der Waals surface area contributed by atoms with E-state index in [1.165, 1.54) is 28.8 Å². The van der Waals surface area contributed by atoms with Crippen molar-refractivity contribution < 1.29 is 14.8 Å². The second-order valence-electron chi connectivity index (χ2n) is 8.51. The number of nitrogens with zero attached hydrogens (tertiary/aromatic N) is 5. The summed E-state index contributed by atoms with van der Waals surface area (Å²) in [5.41, 5.74) is 1.78. The molecule has 0 aliphatic carbocycles. The van der Waals surface area contributed by atoms with Gasteiger partial charge in [0.05, 0.1) is 47.3 Å². The summed E-state index contributed by atoms with van der Waals surface area (Å²) in [7, 11) is 0. The molecule has 1 aliphatic heterocycles. The van der Waals surface area contributed by atoms with E-state index >= 15 is 0 Å². The first-order valence-electron chi connectivity index (χ1n) is 11.3. The Balaban J connectivity index is 1.69. The summed E-state index contributed by atoms with van der Waals surface area (Å²) < 4.78 is 8.74.